The Labute approximate surface area is 124 Å². The average molecular weight is 363 g/mol. The van der Waals surface area contributed by atoms with E-state index in [1.165, 1.54) is 30.6 Å². The van der Waals surface area contributed by atoms with Crippen molar-refractivity contribution in [1.82, 2.24) is 4.98 Å². The van der Waals surface area contributed by atoms with Crippen LogP contribution in [-0.2, 0) is 10.0 Å². The maximum absolute atomic E-state index is 12.1. The number of nitrogens with one attached hydrogen (secondary N) is 1. The van der Waals surface area contributed by atoms with Crippen molar-refractivity contribution in [2.45, 2.75) is 4.90 Å². The van der Waals surface area contributed by atoms with Crippen LogP contribution in [0.3, 0.4) is 0 Å². The third-order valence-corrected chi connectivity index (χ3v) is 4.31. The van der Waals surface area contributed by atoms with Crippen LogP contribution in [0.2, 0.25) is 5.02 Å². The minimum Gasteiger partial charge on any atom is -0.399 e. The molecule has 19 heavy (non-hydrogen) atoms. The standard InChI is InChI=1S/C11H9BrClN3O2S/c12-7-3-9(6-15-5-7)19(17,18)16-11-2-1-8(14)4-10(11)13/h1-6,16H,14H2. The smallest absolute Gasteiger partial charge is 0.263 e. The van der Waals surface area contributed by atoms with Gasteiger partial charge in [-0.15, -0.1) is 0 Å². The van der Waals surface area contributed by atoms with E-state index in [2.05, 4.69) is 25.6 Å². The van der Waals surface area contributed by atoms with Crippen molar-refractivity contribution in [2.75, 3.05) is 10.5 Å². The zero-order valence-electron chi connectivity index (χ0n) is 9.47. The van der Waals surface area contributed by atoms with Crippen LogP contribution in [0.1, 0.15) is 0 Å². The fourth-order valence-electron chi connectivity index (χ4n) is 1.36. The molecule has 5 nitrogen and oxygen atoms in total. The summed E-state index contributed by atoms with van der Waals surface area (Å²) < 4.78 is 27.2. The second-order valence-electron chi connectivity index (χ2n) is 3.68. The van der Waals surface area contributed by atoms with Gasteiger partial charge in [-0.2, -0.15) is 0 Å². The van der Waals surface area contributed by atoms with Gasteiger partial charge in [-0.25, -0.2) is 8.42 Å². The molecule has 0 aliphatic carbocycles. The maximum atomic E-state index is 12.1. The van der Waals surface area contributed by atoms with E-state index in [0.717, 1.165) is 0 Å². The Hall–Kier alpha value is -1.31. The van der Waals surface area contributed by atoms with Gasteiger partial charge in [0.25, 0.3) is 10.0 Å². The Morgan fingerprint density at radius 3 is 2.63 bits per heavy atom. The van der Waals surface area contributed by atoms with Crippen LogP contribution in [-0.4, -0.2) is 13.4 Å². The summed E-state index contributed by atoms with van der Waals surface area (Å²) in [5, 5.41) is 0.228. The highest BCUT2D eigenvalue weighted by Gasteiger charge is 2.16. The molecule has 8 heteroatoms. The van der Waals surface area contributed by atoms with Gasteiger partial charge in [0, 0.05) is 22.6 Å². The van der Waals surface area contributed by atoms with E-state index in [1.54, 1.807) is 6.07 Å². The Morgan fingerprint density at radius 1 is 1.26 bits per heavy atom. The van der Waals surface area contributed by atoms with Crippen LogP contribution in [0.15, 0.2) is 46.0 Å². The molecule has 1 heterocycles. The molecule has 0 unspecified atom stereocenters. The first-order chi connectivity index (χ1) is 8.88. The Balaban J connectivity index is 2.36. The number of halogens is 2. The van der Waals surface area contributed by atoms with Crippen LogP contribution in [0, 0.1) is 0 Å². The Bertz CT molecular complexity index is 722. The van der Waals surface area contributed by atoms with E-state index < -0.39 is 10.0 Å². The molecular weight excluding hydrogens is 354 g/mol. The third-order valence-electron chi connectivity index (χ3n) is 2.23. The zero-order chi connectivity index (χ0) is 14.0. The molecule has 1 aromatic heterocycles. The van der Waals surface area contributed by atoms with E-state index >= 15 is 0 Å². The summed E-state index contributed by atoms with van der Waals surface area (Å²) in [5.74, 6) is 0. The van der Waals surface area contributed by atoms with Gasteiger partial charge >= 0.3 is 0 Å². The summed E-state index contributed by atoms with van der Waals surface area (Å²) in [6.07, 6.45) is 2.74. The number of benzene rings is 1. The number of hydrogen-bond acceptors (Lipinski definition) is 4. The van der Waals surface area contributed by atoms with Crippen molar-refractivity contribution in [2.24, 2.45) is 0 Å². The molecule has 0 saturated carbocycles. The van der Waals surface area contributed by atoms with Crippen molar-refractivity contribution in [3.05, 3.63) is 46.2 Å². The van der Waals surface area contributed by atoms with E-state index in [0.29, 0.717) is 10.2 Å². The quantitative estimate of drug-likeness (QED) is 0.822. The molecule has 0 saturated heterocycles. The van der Waals surface area contributed by atoms with Crippen LogP contribution in [0.25, 0.3) is 0 Å². The predicted octanol–water partition coefficient (Wildman–Crippen LogP) is 2.88. The molecule has 0 bridgehead atoms. The van der Waals surface area contributed by atoms with Gasteiger partial charge in [0.05, 0.1) is 10.7 Å². The van der Waals surface area contributed by atoms with Gasteiger partial charge in [0.2, 0.25) is 0 Å². The van der Waals surface area contributed by atoms with Gasteiger partial charge in [-0.3, -0.25) is 9.71 Å². The highest BCUT2D eigenvalue weighted by molar-refractivity contribution is 9.10. The summed E-state index contributed by atoms with van der Waals surface area (Å²) in [7, 11) is -3.74. The number of sulfonamides is 1. The summed E-state index contributed by atoms with van der Waals surface area (Å²) >= 11 is 9.09. The topological polar surface area (TPSA) is 85.1 Å². The van der Waals surface area contributed by atoms with E-state index in [4.69, 9.17) is 17.3 Å². The second kappa shape index (κ2) is 5.36. The van der Waals surface area contributed by atoms with E-state index in [9.17, 15) is 8.42 Å². The number of nitrogens with two attached hydrogens (primary N) is 1. The fraction of sp³-hybridized carbons (Fsp3) is 0. The molecule has 100 valence electrons. The van der Waals surface area contributed by atoms with Crippen LogP contribution in [0.4, 0.5) is 11.4 Å². The molecule has 2 aromatic rings. The van der Waals surface area contributed by atoms with Gasteiger partial charge in [-0.1, -0.05) is 11.6 Å². The first-order valence-electron chi connectivity index (χ1n) is 5.07. The Kier molecular flexibility index (Phi) is 3.98. The van der Waals surface area contributed by atoms with Gasteiger partial charge in [0.1, 0.15) is 4.90 Å². The lowest BCUT2D eigenvalue weighted by molar-refractivity contribution is 0.600. The number of nitrogens with zero attached hydrogens (tertiary/aromatic N) is 1. The molecule has 0 amide bonds. The molecule has 0 spiro atoms. The van der Waals surface area contributed by atoms with Crippen molar-refractivity contribution in [1.29, 1.82) is 0 Å². The lowest BCUT2D eigenvalue weighted by Gasteiger charge is -2.10. The largest absolute Gasteiger partial charge is 0.399 e. The normalized spacial score (nSPS) is 11.3. The molecule has 2 rings (SSSR count). The van der Waals surface area contributed by atoms with Crippen LogP contribution < -0.4 is 10.5 Å². The SMILES string of the molecule is Nc1ccc(NS(=O)(=O)c2cncc(Br)c2)c(Cl)c1. The monoisotopic (exact) mass is 361 g/mol. The van der Waals surface area contributed by atoms with Crippen molar-refractivity contribution < 1.29 is 8.42 Å². The predicted molar refractivity (Wildman–Crippen MR) is 78.6 cm³/mol. The average Bonchev–Trinajstić information content (AvgIpc) is 2.33. The minimum atomic E-state index is -3.74. The summed E-state index contributed by atoms with van der Waals surface area (Å²) in [4.78, 5) is 3.85. The first-order valence-corrected chi connectivity index (χ1v) is 7.72. The summed E-state index contributed by atoms with van der Waals surface area (Å²) in [5.41, 5.74) is 6.26. The minimum absolute atomic E-state index is 0.0368. The number of hydrogen-bond donors (Lipinski definition) is 2. The summed E-state index contributed by atoms with van der Waals surface area (Å²) in [6, 6.07) is 5.97. The van der Waals surface area contributed by atoms with E-state index in [1.807, 2.05) is 0 Å². The fourth-order valence-corrected chi connectivity index (χ4v) is 3.23. The Morgan fingerprint density at radius 2 is 2.00 bits per heavy atom. The van der Waals surface area contributed by atoms with Crippen molar-refractivity contribution in [3.63, 3.8) is 0 Å². The molecular formula is C11H9BrClN3O2S. The number of pyridine rings is 1. The number of anilines is 2. The lowest BCUT2D eigenvalue weighted by atomic mass is 10.3. The highest BCUT2D eigenvalue weighted by atomic mass is 79.9. The summed E-state index contributed by atoms with van der Waals surface area (Å²) in [6.45, 7) is 0. The highest BCUT2D eigenvalue weighted by Crippen LogP contribution is 2.26. The molecule has 0 fully saturated rings. The molecule has 0 aliphatic rings. The van der Waals surface area contributed by atoms with Gasteiger partial charge < -0.3 is 5.73 Å². The zero-order valence-corrected chi connectivity index (χ0v) is 12.6. The maximum Gasteiger partial charge on any atom is 0.263 e. The van der Waals surface area contributed by atoms with Gasteiger partial charge in [0.15, 0.2) is 0 Å². The van der Waals surface area contributed by atoms with Crippen LogP contribution >= 0.6 is 27.5 Å². The molecule has 3 N–H and O–H groups in total. The number of rotatable bonds is 3. The number of nitrogen functional groups attached to an aromatic ring is 1. The molecule has 0 atom stereocenters. The molecule has 1 aromatic carbocycles. The first kappa shape index (κ1) is 14.1. The second-order valence-corrected chi connectivity index (χ2v) is 6.69. The lowest BCUT2D eigenvalue weighted by Crippen LogP contribution is -2.13. The van der Waals surface area contributed by atoms with E-state index in [-0.39, 0.29) is 15.6 Å². The third kappa shape index (κ3) is 3.37. The van der Waals surface area contributed by atoms with Crippen molar-refractivity contribution >= 4 is 48.9 Å². The van der Waals surface area contributed by atoms with Crippen molar-refractivity contribution in [3.8, 4) is 0 Å². The van der Waals surface area contributed by atoms with Crippen LogP contribution in [0.5, 0.6) is 0 Å². The van der Waals surface area contributed by atoms with Gasteiger partial charge in [-0.05, 0) is 40.2 Å². The molecule has 0 radical (unpaired) electrons. The molecule has 0 aliphatic heterocycles. The number of aromatic nitrogens is 1.